The van der Waals surface area contributed by atoms with Gasteiger partial charge in [0.25, 0.3) is 0 Å². The van der Waals surface area contributed by atoms with Crippen LogP contribution in [0.1, 0.15) is 19.2 Å². The van der Waals surface area contributed by atoms with Crippen LogP contribution >= 0.6 is 0 Å². The number of benzene rings is 1. The smallest absolute Gasteiger partial charge is 0.191 e. The van der Waals surface area contributed by atoms with Gasteiger partial charge in [-0.15, -0.1) is 10.2 Å². The third-order valence-electron chi connectivity index (χ3n) is 5.11. The van der Waals surface area contributed by atoms with Gasteiger partial charge in [-0.05, 0) is 6.42 Å². The number of hydrogen-bond donors (Lipinski definition) is 2. The maximum Gasteiger partial charge on any atom is 0.191 e. The van der Waals surface area contributed by atoms with E-state index in [0.29, 0.717) is 6.04 Å². The van der Waals surface area contributed by atoms with E-state index in [1.165, 1.54) is 0 Å². The zero-order valence-electron chi connectivity index (χ0n) is 17.7. The maximum absolute atomic E-state index is 5.39. The van der Waals surface area contributed by atoms with Crippen molar-refractivity contribution >= 4 is 11.6 Å². The van der Waals surface area contributed by atoms with E-state index in [1.54, 1.807) is 27.6 Å². The molecule has 1 fully saturated rings. The molecule has 9 heteroatoms. The summed E-state index contributed by atoms with van der Waals surface area (Å²) in [6, 6.07) is 6.30. The van der Waals surface area contributed by atoms with E-state index < -0.39 is 0 Å². The summed E-state index contributed by atoms with van der Waals surface area (Å²) in [4.78, 5) is 6.69. The molecule has 1 aromatic heterocycles. The highest BCUT2D eigenvalue weighted by molar-refractivity contribution is 5.80. The van der Waals surface area contributed by atoms with Gasteiger partial charge in [0.15, 0.2) is 5.96 Å². The number of aryl methyl sites for hydroxylation is 1. The molecule has 2 heterocycles. The fourth-order valence-corrected chi connectivity index (χ4v) is 3.51. The molecule has 1 unspecified atom stereocenters. The molecule has 1 aliphatic heterocycles. The molecule has 1 saturated heterocycles. The van der Waals surface area contributed by atoms with Crippen molar-refractivity contribution in [3.63, 3.8) is 0 Å². The lowest BCUT2D eigenvalue weighted by molar-refractivity contribution is 0.394. The van der Waals surface area contributed by atoms with Crippen molar-refractivity contribution in [3.05, 3.63) is 30.4 Å². The third-order valence-corrected chi connectivity index (χ3v) is 5.11. The van der Waals surface area contributed by atoms with Crippen LogP contribution in [0.4, 0.5) is 5.69 Å². The monoisotopic (exact) mass is 401 g/mol. The van der Waals surface area contributed by atoms with Gasteiger partial charge < -0.3 is 29.6 Å². The molecule has 2 aromatic rings. The van der Waals surface area contributed by atoms with Gasteiger partial charge in [0.05, 0.1) is 14.2 Å². The van der Waals surface area contributed by atoms with E-state index in [2.05, 4.69) is 42.2 Å². The van der Waals surface area contributed by atoms with Crippen LogP contribution in [0.15, 0.2) is 29.5 Å². The summed E-state index contributed by atoms with van der Waals surface area (Å²) in [5.41, 5.74) is 1.10. The number of anilines is 1. The molecular formula is C20H31N7O2. The Bertz CT molecular complexity index is 799. The Morgan fingerprint density at radius 2 is 2.00 bits per heavy atom. The molecule has 0 amide bonds. The number of rotatable bonds is 8. The van der Waals surface area contributed by atoms with E-state index in [-0.39, 0.29) is 0 Å². The first kappa shape index (κ1) is 20.8. The van der Waals surface area contributed by atoms with Gasteiger partial charge in [0.1, 0.15) is 23.7 Å². The largest absolute Gasteiger partial charge is 0.497 e. The Morgan fingerprint density at radius 1 is 1.24 bits per heavy atom. The van der Waals surface area contributed by atoms with Crippen molar-refractivity contribution in [2.45, 2.75) is 32.4 Å². The first-order valence-corrected chi connectivity index (χ1v) is 9.98. The maximum atomic E-state index is 5.39. The normalized spacial score (nSPS) is 16.8. The predicted octanol–water partition coefficient (Wildman–Crippen LogP) is 1.30. The number of methoxy groups -OCH3 is 2. The van der Waals surface area contributed by atoms with E-state index in [9.17, 15) is 0 Å². The first-order valence-electron chi connectivity index (χ1n) is 9.98. The molecule has 0 saturated carbocycles. The topological polar surface area (TPSA) is 88.8 Å². The summed E-state index contributed by atoms with van der Waals surface area (Å²) in [6.07, 6.45) is 3.68. The average molecular weight is 402 g/mol. The Labute approximate surface area is 172 Å². The fraction of sp³-hybridized carbons (Fsp3) is 0.550. The number of nitrogens with zero attached hydrogens (tertiary/aromatic N) is 5. The van der Waals surface area contributed by atoms with Crippen LogP contribution < -0.4 is 25.0 Å². The van der Waals surface area contributed by atoms with Crippen molar-refractivity contribution in [3.8, 4) is 11.5 Å². The molecule has 1 aliphatic rings. The van der Waals surface area contributed by atoms with Crippen LogP contribution in [0.25, 0.3) is 0 Å². The second-order valence-corrected chi connectivity index (χ2v) is 6.94. The van der Waals surface area contributed by atoms with Gasteiger partial charge in [-0.3, -0.25) is 4.99 Å². The van der Waals surface area contributed by atoms with Crippen LogP contribution in [0, 0.1) is 0 Å². The molecule has 29 heavy (non-hydrogen) atoms. The predicted molar refractivity (Wildman–Crippen MR) is 114 cm³/mol. The zero-order valence-corrected chi connectivity index (χ0v) is 17.7. The summed E-state index contributed by atoms with van der Waals surface area (Å²) in [6.45, 7) is 5.50. The van der Waals surface area contributed by atoms with Crippen molar-refractivity contribution in [1.29, 1.82) is 0 Å². The second kappa shape index (κ2) is 9.99. The van der Waals surface area contributed by atoms with Crippen LogP contribution in [0.3, 0.4) is 0 Å². The van der Waals surface area contributed by atoms with Crippen molar-refractivity contribution in [2.75, 3.05) is 45.8 Å². The lowest BCUT2D eigenvalue weighted by Gasteiger charge is -2.21. The van der Waals surface area contributed by atoms with Crippen LogP contribution in [0.2, 0.25) is 0 Å². The van der Waals surface area contributed by atoms with E-state index in [0.717, 1.165) is 68.0 Å². The molecule has 0 bridgehead atoms. The molecule has 9 nitrogen and oxygen atoms in total. The molecule has 0 spiro atoms. The Hall–Kier alpha value is -2.97. The number of aromatic nitrogens is 3. The lowest BCUT2D eigenvalue weighted by atomic mass is 10.2. The Balaban J connectivity index is 1.52. The minimum absolute atomic E-state index is 0.319. The standard InChI is InChI=1S/C20H31N7O2/c1-5-19-25-23-14-27(19)9-7-22-20(21-2)24-15-6-8-26(13-15)16-10-17(28-3)12-18(11-16)29-4/h10-12,14-15H,5-9,13H2,1-4H3,(H2,21,22,24). The van der Waals surface area contributed by atoms with E-state index in [1.807, 2.05) is 18.2 Å². The van der Waals surface area contributed by atoms with Gasteiger partial charge in [0.2, 0.25) is 0 Å². The Morgan fingerprint density at radius 3 is 2.66 bits per heavy atom. The number of ether oxygens (including phenoxy) is 2. The fourth-order valence-electron chi connectivity index (χ4n) is 3.51. The summed E-state index contributed by atoms with van der Waals surface area (Å²) >= 11 is 0. The average Bonchev–Trinajstić information content (AvgIpc) is 3.41. The van der Waals surface area contributed by atoms with Crippen LogP contribution in [-0.4, -0.2) is 67.7 Å². The van der Waals surface area contributed by atoms with Gasteiger partial charge in [-0.1, -0.05) is 6.92 Å². The molecule has 3 rings (SSSR count). The summed E-state index contributed by atoms with van der Waals surface area (Å²) < 4.78 is 12.9. The highest BCUT2D eigenvalue weighted by Gasteiger charge is 2.24. The lowest BCUT2D eigenvalue weighted by Crippen LogP contribution is -2.45. The van der Waals surface area contributed by atoms with Gasteiger partial charge in [-0.2, -0.15) is 0 Å². The van der Waals surface area contributed by atoms with Crippen molar-refractivity contribution in [2.24, 2.45) is 4.99 Å². The molecule has 1 atom stereocenters. The number of hydrogen-bond acceptors (Lipinski definition) is 6. The minimum atomic E-state index is 0.319. The van der Waals surface area contributed by atoms with Crippen molar-refractivity contribution < 1.29 is 9.47 Å². The molecule has 158 valence electrons. The molecular weight excluding hydrogens is 370 g/mol. The SMILES string of the molecule is CCc1nncn1CCNC(=NC)NC1CCN(c2cc(OC)cc(OC)c2)C1. The summed E-state index contributed by atoms with van der Waals surface area (Å²) in [5, 5.41) is 15.0. The highest BCUT2D eigenvalue weighted by Crippen LogP contribution is 2.30. The second-order valence-electron chi connectivity index (χ2n) is 6.94. The third kappa shape index (κ3) is 5.30. The van der Waals surface area contributed by atoms with E-state index >= 15 is 0 Å². The highest BCUT2D eigenvalue weighted by atomic mass is 16.5. The first-order chi connectivity index (χ1) is 14.2. The summed E-state index contributed by atoms with van der Waals surface area (Å²) in [5.74, 6) is 3.41. The minimum Gasteiger partial charge on any atom is -0.497 e. The Kier molecular flexibility index (Phi) is 7.15. The number of guanidine groups is 1. The van der Waals surface area contributed by atoms with Crippen LogP contribution in [0.5, 0.6) is 11.5 Å². The quantitative estimate of drug-likeness (QED) is 0.509. The molecule has 0 aliphatic carbocycles. The van der Waals surface area contributed by atoms with Crippen molar-refractivity contribution in [1.82, 2.24) is 25.4 Å². The summed E-state index contributed by atoms with van der Waals surface area (Å²) in [7, 11) is 5.14. The molecule has 2 N–H and O–H groups in total. The number of aliphatic imine (C=N–C) groups is 1. The van der Waals surface area contributed by atoms with E-state index in [4.69, 9.17) is 9.47 Å². The van der Waals surface area contributed by atoms with Gasteiger partial charge >= 0.3 is 0 Å². The zero-order chi connectivity index (χ0) is 20.6. The molecule has 0 radical (unpaired) electrons. The molecule has 1 aromatic carbocycles. The number of nitrogens with one attached hydrogen (secondary N) is 2. The van der Waals surface area contributed by atoms with Gasteiger partial charge in [0, 0.05) is 69.6 Å². The van der Waals surface area contributed by atoms with Gasteiger partial charge in [-0.25, -0.2) is 0 Å². The van der Waals surface area contributed by atoms with Crippen LogP contribution in [-0.2, 0) is 13.0 Å².